The molecule has 0 bridgehead atoms. The van der Waals surface area contributed by atoms with Crippen molar-refractivity contribution in [2.75, 3.05) is 12.4 Å². The molecule has 4 rings (SSSR count). The van der Waals surface area contributed by atoms with Crippen molar-refractivity contribution in [3.8, 4) is 17.0 Å². The minimum atomic E-state index is -0.0552. The van der Waals surface area contributed by atoms with E-state index in [1.165, 1.54) is 11.1 Å². The first-order chi connectivity index (χ1) is 12.6. The lowest BCUT2D eigenvalue weighted by Crippen LogP contribution is -2.23. The number of nitrogens with zero attached hydrogens (tertiary/aromatic N) is 1. The molecule has 0 fully saturated rings. The van der Waals surface area contributed by atoms with E-state index in [1.807, 2.05) is 36.4 Å². The van der Waals surface area contributed by atoms with Crippen LogP contribution in [0.25, 0.3) is 11.3 Å². The number of aromatic nitrogens is 2. The number of rotatable bonds is 4. The van der Waals surface area contributed by atoms with Crippen LogP contribution >= 0.6 is 15.9 Å². The number of carbonyl (C=O) groups is 1. The predicted molar refractivity (Wildman–Crippen MR) is 104 cm³/mol. The van der Waals surface area contributed by atoms with Gasteiger partial charge in [-0.25, -0.2) is 0 Å². The molecule has 26 heavy (non-hydrogen) atoms. The van der Waals surface area contributed by atoms with Crippen molar-refractivity contribution < 1.29 is 9.53 Å². The fourth-order valence-electron chi connectivity index (χ4n) is 3.30. The zero-order chi connectivity index (χ0) is 18.1. The van der Waals surface area contributed by atoms with E-state index in [0.717, 1.165) is 34.3 Å². The molecule has 5 nitrogen and oxygen atoms in total. The smallest absolute Gasteiger partial charge is 0.229 e. The number of nitrogens with one attached hydrogen (secondary N) is 2. The number of carbonyl (C=O) groups excluding carboxylic acids is 1. The van der Waals surface area contributed by atoms with Crippen molar-refractivity contribution in [1.29, 1.82) is 0 Å². The fraction of sp³-hybridized carbons (Fsp3) is 0.200. The summed E-state index contributed by atoms with van der Waals surface area (Å²) in [6.07, 6.45) is 1.53. The monoisotopic (exact) mass is 411 g/mol. The molecule has 2 N–H and O–H groups in total. The normalized spacial score (nSPS) is 15.5. The molecule has 2 aromatic carbocycles. The van der Waals surface area contributed by atoms with Crippen molar-refractivity contribution in [2.45, 2.75) is 12.8 Å². The maximum Gasteiger partial charge on any atom is 0.229 e. The van der Waals surface area contributed by atoms with E-state index in [-0.39, 0.29) is 11.8 Å². The Balaban J connectivity index is 1.43. The number of halogens is 1. The lowest BCUT2D eigenvalue weighted by atomic mass is 10.1. The highest BCUT2D eigenvalue weighted by atomic mass is 79.9. The van der Waals surface area contributed by atoms with Crippen molar-refractivity contribution in [3.63, 3.8) is 0 Å². The summed E-state index contributed by atoms with van der Waals surface area (Å²) in [6.45, 7) is 0. The molecular weight excluding hydrogens is 394 g/mol. The molecular formula is C20H18BrN3O2. The van der Waals surface area contributed by atoms with E-state index in [9.17, 15) is 4.79 Å². The number of anilines is 1. The standard InChI is InChI=1S/C20H18BrN3O2/c1-26-17-6-3-12(4-7-17)18-11-19(24-23-18)22-20(25)15-8-13-2-5-16(21)10-14(13)9-15/h2-7,10-11,15H,8-9H2,1H3,(H2,22,23,24,25). The number of ether oxygens (including phenoxy) is 1. The lowest BCUT2D eigenvalue weighted by Gasteiger charge is -2.07. The van der Waals surface area contributed by atoms with Gasteiger partial charge < -0.3 is 10.1 Å². The minimum Gasteiger partial charge on any atom is -0.497 e. The Morgan fingerprint density at radius 3 is 2.69 bits per heavy atom. The highest BCUT2D eigenvalue weighted by Crippen LogP contribution is 2.30. The van der Waals surface area contributed by atoms with Crippen molar-refractivity contribution in [3.05, 3.63) is 64.1 Å². The minimum absolute atomic E-state index is 0.00473. The second-order valence-electron chi connectivity index (χ2n) is 6.40. The molecule has 1 aliphatic rings. The van der Waals surface area contributed by atoms with Gasteiger partial charge in [0.25, 0.3) is 0 Å². The van der Waals surface area contributed by atoms with Crippen LogP contribution in [0.15, 0.2) is 53.0 Å². The maximum atomic E-state index is 12.6. The van der Waals surface area contributed by atoms with Gasteiger partial charge in [0.15, 0.2) is 5.82 Å². The van der Waals surface area contributed by atoms with Crippen LogP contribution in [0.5, 0.6) is 5.75 Å². The molecule has 0 saturated carbocycles. The van der Waals surface area contributed by atoms with Crippen LogP contribution in [0.2, 0.25) is 0 Å². The highest BCUT2D eigenvalue weighted by Gasteiger charge is 2.27. The molecule has 1 unspecified atom stereocenters. The summed E-state index contributed by atoms with van der Waals surface area (Å²) in [5.74, 6) is 1.29. The van der Waals surface area contributed by atoms with Crippen LogP contribution < -0.4 is 10.1 Å². The summed E-state index contributed by atoms with van der Waals surface area (Å²) >= 11 is 3.49. The highest BCUT2D eigenvalue weighted by molar-refractivity contribution is 9.10. The molecule has 3 aromatic rings. The Labute approximate surface area is 159 Å². The Hall–Kier alpha value is -2.60. The van der Waals surface area contributed by atoms with Crippen LogP contribution in [-0.4, -0.2) is 23.2 Å². The average Bonchev–Trinajstić information content (AvgIpc) is 3.28. The Morgan fingerprint density at radius 2 is 1.92 bits per heavy atom. The zero-order valence-corrected chi connectivity index (χ0v) is 15.8. The summed E-state index contributed by atoms with van der Waals surface area (Å²) < 4.78 is 6.22. The van der Waals surface area contributed by atoms with Gasteiger partial charge in [-0.05, 0) is 65.9 Å². The van der Waals surface area contributed by atoms with Crippen molar-refractivity contribution in [1.82, 2.24) is 10.2 Å². The Morgan fingerprint density at radius 1 is 1.15 bits per heavy atom. The van der Waals surface area contributed by atoms with Gasteiger partial charge in [-0.15, -0.1) is 0 Å². The van der Waals surface area contributed by atoms with Gasteiger partial charge in [0.1, 0.15) is 5.75 Å². The summed E-state index contributed by atoms with van der Waals surface area (Å²) in [6, 6.07) is 15.7. The van der Waals surface area contributed by atoms with Crippen LogP contribution in [0.1, 0.15) is 11.1 Å². The Bertz CT molecular complexity index is 950. The van der Waals surface area contributed by atoms with Crippen LogP contribution in [0.4, 0.5) is 5.82 Å². The molecule has 1 aromatic heterocycles. The lowest BCUT2D eigenvalue weighted by molar-refractivity contribution is -0.119. The topological polar surface area (TPSA) is 67.0 Å². The third-order valence-electron chi connectivity index (χ3n) is 4.70. The molecule has 6 heteroatoms. The van der Waals surface area contributed by atoms with Gasteiger partial charge >= 0.3 is 0 Å². The quantitative estimate of drug-likeness (QED) is 0.675. The predicted octanol–water partition coefficient (Wildman–Crippen LogP) is 4.20. The number of methoxy groups -OCH3 is 1. The van der Waals surface area contributed by atoms with Crippen LogP contribution in [-0.2, 0) is 17.6 Å². The molecule has 0 spiro atoms. The van der Waals surface area contributed by atoms with E-state index in [1.54, 1.807) is 7.11 Å². The third kappa shape index (κ3) is 3.37. The van der Waals surface area contributed by atoms with Gasteiger partial charge in [0, 0.05) is 16.5 Å². The number of benzene rings is 2. The van der Waals surface area contributed by atoms with E-state index >= 15 is 0 Å². The van der Waals surface area contributed by atoms with Crippen LogP contribution in [0, 0.1) is 5.92 Å². The summed E-state index contributed by atoms with van der Waals surface area (Å²) in [7, 11) is 1.64. The molecule has 1 amide bonds. The molecule has 0 aliphatic heterocycles. The van der Waals surface area contributed by atoms with E-state index in [4.69, 9.17) is 4.74 Å². The van der Waals surface area contributed by atoms with Gasteiger partial charge in [-0.3, -0.25) is 9.89 Å². The molecule has 132 valence electrons. The summed E-state index contributed by atoms with van der Waals surface area (Å²) in [5, 5.41) is 10.1. The van der Waals surface area contributed by atoms with Crippen molar-refractivity contribution in [2.24, 2.45) is 5.92 Å². The maximum absolute atomic E-state index is 12.6. The summed E-state index contributed by atoms with van der Waals surface area (Å²) in [5.41, 5.74) is 4.31. The second-order valence-corrected chi connectivity index (χ2v) is 7.32. The van der Waals surface area contributed by atoms with Crippen LogP contribution in [0.3, 0.4) is 0 Å². The zero-order valence-electron chi connectivity index (χ0n) is 14.3. The second kappa shape index (κ2) is 6.96. The Kier molecular flexibility index (Phi) is 4.51. The number of aromatic amines is 1. The number of hydrogen-bond donors (Lipinski definition) is 2. The fourth-order valence-corrected chi connectivity index (χ4v) is 3.71. The first-order valence-electron chi connectivity index (χ1n) is 8.40. The van der Waals surface area contributed by atoms with Gasteiger partial charge in [-0.2, -0.15) is 5.10 Å². The average molecular weight is 412 g/mol. The largest absolute Gasteiger partial charge is 0.497 e. The third-order valence-corrected chi connectivity index (χ3v) is 5.20. The molecule has 1 aliphatic carbocycles. The van der Waals surface area contributed by atoms with Gasteiger partial charge in [-0.1, -0.05) is 22.0 Å². The molecule has 1 atom stereocenters. The molecule has 0 radical (unpaired) electrons. The number of hydrogen-bond acceptors (Lipinski definition) is 3. The SMILES string of the molecule is COc1ccc(-c2cc(NC(=O)C3Cc4ccc(Br)cc4C3)n[nH]2)cc1. The molecule has 1 heterocycles. The van der Waals surface area contributed by atoms with Gasteiger partial charge in [0.05, 0.1) is 12.8 Å². The number of fused-ring (bicyclic) bond motifs is 1. The first-order valence-corrected chi connectivity index (χ1v) is 9.19. The van der Waals surface area contributed by atoms with E-state index in [0.29, 0.717) is 5.82 Å². The number of H-pyrrole nitrogens is 1. The first kappa shape index (κ1) is 16.8. The summed E-state index contributed by atoms with van der Waals surface area (Å²) in [4.78, 5) is 12.6. The number of amides is 1. The van der Waals surface area contributed by atoms with Gasteiger partial charge in [0.2, 0.25) is 5.91 Å². The van der Waals surface area contributed by atoms with Crippen molar-refractivity contribution >= 4 is 27.7 Å². The van der Waals surface area contributed by atoms with E-state index < -0.39 is 0 Å². The van der Waals surface area contributed by atoms with E-state index in [2.05, 4.69) is 43.6 Å². The molecule has 0 saturated heterocycles.